The van der Waals surface area contributed by atoms with Crippen molar-refractivity contribution in [3.05, 3.63) is 22.4 Å². The van der Waals surface area contributed by atoms with E-state index in [4.69, 9.17) is 0 Å². The van der Waals surface area contributed by atoms with Crippen molar-refractivity contribution in [2.75, 3.05) is 6.54 Å². The number of halogens is 3. The number of hydrogen-bond acceptors (Lipinski definition) is 4. The molecule has 1 aliphatic carbocycles. The Bertz CT molecular complexity index is 620. The number of aliphatic hydroxyl groups is 1. The predicted molar refractivity (Wildman–Crippen MR) is 76.8 cm³/mol. The van der Waals surface area contributed by atoms with Crippen LogP contribution in [0.25, 0.3) is 0 Å². The Hall–Kier alpha value is -1.28. The molecule has 1 atom stereocenters. The number of aliphatic hydroxyl groups excluding tert-OH is 1. The number of carbonyl (C=O) groups excluding carboxylic acids is 1. The van der Waals surface area contributed by atoms with Crippen LogP contribution in [0.15, 0.2) is 16.7 Å². The fourth-order valence-electron chi connectivity index (χ4n) is 3.51. The molecule has 0 radical (unpaired) electrons. The number of aromatic hydroxyl groups is 1. The summed E-state index contributed by atoms with van der Waals surface area (Å²) in [5.74, 6) is -4.51. The van der Waals surface area contributed by atoms with Gasteiger partial charge in [-0.1, -0.05) is 12.8 Å². The second-order valence-corrected chi connectivity index (χ2v) is 6.68. The largest absolute Gasteiger partial charge is 0.505 e. The van der Waals surface area contributed by atoms with Crippen molar-refractivity contribution in [2.24, 2.45) is 0 Å². The molecule has 8 heteroatoms. The normalized spacial score (nSPS) is 25.8. The van der Waals surface area contributed by atoms with Crippen molar-refractivity contribution in [1.82, 2.24) is 9.88 Å². The van der Waals surface area contributed by atoms with Gasteiger partial charge in [-0.2, -0.15) is 0 Å². The maximum Gasteiger partial charge on any atom is 0.292 e. The molecule has 5 nitrogen and oxygen atoms in total. The molecule has 0 aromatic carbocycles. The van der Waals surface area contributed by atoms with Gasteiger partial charge >= 0.3 is 0 Å². The zero-order valence-corrected chi connectivity index (χ0v) is 13.2. The van der Waals surface area contributed by atoms with Gasteiger partial charge in [0.25, 0.3) is 11.8 Å². The average Bonchev–Trinajstić information content (AvgIpc) is 3.02. The highest BCUT2D eigenvalue weighted by molar-refractivity contribution is 9.10. The fraction of sp³-hybridized carbons (Fsp3) is 0.571. The highest BCUT2D eigenvalue weighted by Gasteiger charge is 2.65. The third-order valence-corrected chi connectivity index (χ3v) is 5.01. The Morgan fingerprint density at radius 2 is 2.00 bits per heavy atom. The van der Waals surface area contributed by atoms with E-state index in [2.05, 4.69) is 20.9 Å². The van der Waals surface area contributed by atoms with E-state index in [1.54, 1.807) is 0 Å². The van der Waals surface area contributed by atoms with E-state index in [1.165, 1.54) is 12.1 Å². The lowest BCUT2D eigenvalue weighted by atomic mass is 9.90. The number of likely N-dealkylation sites (tertiary alicyclic amines) is 1. The van der Waals surface area contributed by atoms with Gasteiger partial charge in [0.15, 0.2) is 5.69 Å². The second-order valence-electron chi connectivity index (χ2n) is 5.87. The van der Waals surface area contributed by atoms with Gasteiger partial charge in [-0.25, -0.2) is 13.8 Å². The minimum Gasteiger partial charge on any atom is -0.505 e. The van der Waals surface area contributed by atoms with Crippen molar-refractivity contribution < 1.29 is 23.8 Å². The number of rotatable bonds is 1. The van der Waals surface area contributed by atoms with Crippen molar-refractivity contribution >= 4 is 21.8 Å². The summed E-state index contributed by atoms with van der Waals surface area (Å²) in [6, 6.07) is 2.72. The summed E-state index contributed by atoms with van der Waals surface area (Å²) in [5, 5.41) is 19.9. The number of carbonyl (C=O) groups is 1. The summed E-state index contributed by atoms with van der Waals surface area (Å²) in [4.78, 5) is 17.5. The van der Waals surface area contributed by atoms with Crippen LogP contribution in [0, 0.1) is 0 Å². The Morgan fingerprint density at radius 3 is 2.64 bits per heavy atom. The number of hydrogen-bond donors (Lipinski definition) is 2. The van der Waals surface area contributed by atoms with Crippen molar-refractivity contribution in [3.8, 4) is 5.75 Å². The quantitative estimate of drug-likeness (QED) is 0.737. The molecule has 1 unspecified atom stereocenters. The van der Waals surface area contributed by atoms with E-state index in [0.717, 1.165) is 4.90 Å². The summed E-state index contributed by atoms with van der Waals surface area (Å²) >= 11 is 3.09. The molecule has 2 aliphatic rings. The summed E-state index contributed by atoms with van der Waals surface area (Å²) in [6.07, 6.45) is 0.110. The van der Waals surface area contributed by atoms with Gasteiger partial charge in [-0.15, -0.1) is 0 Å². The first-order chi connectivity index (χ1) is 10.3. The van der Waals surface area contributed by atoms with Gasteiger partial charge in [0.2, 0.25) is 0 Å². The van der Waals surface area contributed by atoms with E-state index in [0.29, 0.717) is 30.3 Å². The summed E-state index contributed by atoms with van der Waals surface area (Å²) < 4.78 is 28.3. The Morgan fingerprint density at radius 1 is 1.36 bits per heavy atom. The van der Waals surface area contributed by atoms with Crippen LogP contribution < -0.4 is 0 Å². The average molecular weight is 377 g/mol. The van der Waals surface area contributed by atoms with Crippen molar-refractivity contribution in [1.29, 1.82) is 0 Å². The summed E-state index contributed by atoms with van der Waals surface area (Å²) in [6.45, 7) is -0.860. The third-order valence-electron chi connectivity index (χ3n) is 4.57. The van der Waals surface area contributed by atoms with Crippen molar-refractivity contribution in [3.63, 3.8) is 0 Å². The monoisotopic (exact) mass is 376 g/mol. The van der Waals surface area contributed by atoms with Crippen molar-refractivity contribution in [2.45, 2.75) is 43.2 Å². The molecule has 3 rings (SSSR count). The Labute approximate surface area is 134 Å². The molecule has 2 heterocycles. The number of nitrogens with zero attached hydrogens (tertiary/aromatic N) is 2. The van der Waals surface area contributed by atoms with Crippen LogP contribution in [0.5, 0.6) is 5.75 Å². The van der Waals surface area contributed by atoms with Crippen LogP contribution in [-0.4, -0.2) is 50.1 Å². The maximum absolute atomic E-state index is 14.0. The zero-order chi connectivity index (χ0) is 16.1. The molecule has 1 aromatic rings. The number of alkyl halides is 2. The molecule has 22 heavy (non-hydrogen) atoms. The molecule has 1 saturated heterocycles. The van der Waals surface area contributed by atoms with E-state index in [-0.39, 0.29) is 11.4 Å². The second kappa shape index (κ2) is 5.13. The Balaban J connectivity index is 2.02. The lowest BCUT2D eigenvalue weighted by Gasteiger charge is -2.36. The summed E-state index contributed by atoms with van der Waals surface area (Å²) in [5.41, 5.74) is -1.55. The number of aromatic nitrogens is 1. The van der Waals surface area contributed by atoms with Crippen LogP contribution in [0.3, 0.4) is 0 Å². The van der Waals surface area contributed by atoms with Gasteiger partial charge in [-0.05, 0) is 40.9 Å². The third kappa shape index (κ3) is 2.20. The molecule has 1 amide bonds. The topological polar surface area (TPSA) is 73.7 Å². The molecular weight excluding hydrogens is 362 g/mol. The summed E-state index contributed by atoms with van der Waals surface area (Å²) in [7, 11) is 0. The highest BCUT2D eigenvalue weighted by Crippen LogP contribution is 2.49. The standard InChI is InChI=1S/C14H15BrF2N2O3/c15-9-4-3-8(20)10(18-9)11(21)19-7-14(16,17)12(22)13(19)5-1-2-6-13/h3-4,12,20,22H,1-2,5-7H2. The molecule has 2 fully saturated rings. The first kappa shape index (κ1) is 15.6. The fourth-order valence-corrected chi connectivity index (χ4v) is 3.82. The molecule has 2 N–H and O–H groups in total. The van der Waals surface area contributed by atoms with E-state index in [1.807, 2.05) is 0 Å². The smallest absolute Gasteiger partial charge is 0.292 e. The molecule has 1 saturated carbocycles. The minimum absolute atomic E-state index is 0.287. The van der Waals surface area contributed by atoms with Gasteiger partial charge in [0.05, 0.1) is 12.1 Å². The van der Waals surface area contributed by atoms with Crippen LogP contribution >= 0.6 is 15.9 Å². The lowest BCUT2D eigenvalue weighted by Crippen LogP contribution is -2.52. The lowest BCUT2D eigenvalue weighted by molar-refractivity contribution is -0.0959. The Kier molecular flexibility index (Phi) is 3.64. The van der Waals surface area contributed by atoms with Crippen LogP contribution in [0.4, 0.5) is 8.78 Å². The SMILES string of the molecule is O=C(c1nc(Br)ccc1O)N1CC(F)(F)C(O)C12CCCC2. The molecule has 1 aromatic heterocycles. The van der Waals surface area contributed by atoms with Gasteiger partial charge < -0.3 is 15.1 Å². The van der Waals surface area contributed by atoms with Crippen LogP contribution in [-0.2, 0) is 0 Å². The molecular formula is C14H15BrF2N2O3. The number of pyridine rings is 1. The molecule has 120 valence electrons. The van der Waals surface area contributed by atoms with Gasteiger partial charge in [0.1, 0.15) is 16.5 Å². The number of amides is 1. The zero-order valence-electron chi connectivity index (χ0n) is 11.6. The van der Waals surface area contributed by atoms with Gasteiger partial charge in [0, 0.05) is 0 Å². The first-order valence-electron chi connectivity index (χ1n) is 7.01. The van der Waals surface area contributed by atoms with E-state index >= 15 is 0 Å². The van der Waals surface area contributed by atoms with Crippen LogP contribution in [0.2, 0.25) is 0 Å². The van der Waals surface area contributed by atoms with E-state index in [9.17, 15) is 23.8 Å². The van der Waals surface area contributed by atoms with Gasteiger partial charge in [-0.3, -0.25) is 4.79 Å². The first-order valence-corrected chi connectivity index (χ1v) is 7.81. The molecule has 1 spiro atoms. The van der Waals surface area contributed by atoms with Crippen LogP contribution in [0.1, 0.15) is 36.2 Å². The highest BCUT2D eigenvalue weighted by atomic mass is 79.9. The molecule has 1 aliphatic heterocycles. The van der Waals surface area contributed by atoms with E-state index < -0.39 is 30.0 Å². The maximum atomic E-state index is 14.0. The minimum atomic E-state index is -3.36. The predicted octanol–water partition coefficient (Wildman–Crippen LogP) is 2.31. The molecule has 0 bridgehead atoms.